The molecule has 3 aromatic rings. The number of aromatic nitrogens is 1. The van der Waals surface area contributed by atoms with Crippen LogP contribution in [0.1, 0.15) is 27.2 Å². The number of hydrogen-bond donors (Lipinski definition) is 2. The van der Waals surface area contributed by atoms with E-state index >= 15 is 0 Å². The number of nitrogens with one attached hydrogen (secondary N) is 1. The van der Waals surface area contributed by atoms with Crippen molar-refractivity contribution in [3.63, 3.8) is 0 Å². The van der Waals surface area contributed by atoms with Crippen molar-refractivity contribution in [1.29, 1.82) is 0 Å². The lowest BCUT2D eigenvalue weighted by atomic mass is 10.1. The highest BCUT2D eigenvalue weighted by Crippen LogP contribution is 2.36. The molecule has 27 heavy (non-hydrogen) atoms. The zero-order valence-corrected chi connectivity index (χ0v) is 16.6. The molecule has 1 unspecified atom stereocenters. The number of alkyl carbamates (subject to hydrolysis) is 1. The van der Waals surface area contributed by atoms with Crippen LogP contribution in [0.15, 0.2) is 29.6 Å². The third-order valence-electron chi connectivity index (χ3n) is 4.61. The normalized spacial score (nSPS) is 17.6. The van der Waals surface area contributed by atoms with Gasteiger partial charge in [-0.15, -0.1) is 11.3 Å². The number of thiophene rings is 1. The van der Waals surface area contributed by atoms with Crippen LogP contribution in [0.5, 0.6) is 0 Å². The van der Waals surface area contributed by atoms with E-state index in [1.54, 1.807) is 11.3 Å². The molecule has 2 aromatic heterocycles. The molecule has 0 spiro atoms. The highest BCUT2D eigenvalue weighted by molar-refractivity contribution is 7.18. The minimum atomic E-state index is -0.495. The summed E-state index contributed by atoms with van der Waals surface area (Å²) >= 11 is 1.72. The second-order valence-corrected chi connectivity index (χ2v) is 8.87. The fraction of sp³-hybridized carbons (Fsp3) is 0.400. The number of pyridine rings is 1. The summed E-state index contributed by atoms with van der Waals surface area (Å²) in [6.07, 6.45) is 0.496. The summed E-state index contributed by atoms with van der Waals surface area (Å²) in [5, 5.41) is 7.34. The predicted octanol–water partition coefficient (Wildman–Crippen LogP) is 4.14. The van der Waals surface area contributed by atoms with Crippen molar-refractivity contribution in [3.8, 4) is 0 Å². The minimum absolute atomic E-state index is 0.0480. The Morgan fingerprint density at radius 3 is 2.93 bits per heavy atom. The number of carbonyl (C=O) groups excluding carboxylic acids is 1. The maximum absolute atomic E-state index is 12.1. The summed E-state index contributed by atoms with van der Waals surface area (Å²) in [5.41, 5.74) is 7.08. The first-order valence-electron chi connectivity index (χ1n) is 9.11. The van der Waals surface area contributed by atoms with E-state index in [1.165, 1.54) is 4.70 Å². The Balaban J connectivity index is 1.59. The van der Waals surface area contributed by atoms with E-state index in [-0.39, 0.29) is 12.1 Å². The van der Waals surface area contributed by atoms with Crippen LogP contribution in [-0.4, -0.2) is 35.8 Å². The molecule has 1 aromatic carbocycles. The molecule has 7 heteroatoms. The third kappa shape index (κ3) is 3.64. The summed E-state index contributed by atoms with van der Waals surface area (Å²) in [5.74, 6) is 0.956. The van der Waals surface area contributed by atoms with Crippen LogP contribution in [0.3, 0.4) is 0 Å². The third-order valence-corrected chi connectivity index (χ3v) is 5.56. The second kappa shape index (κ2) is 6.56. The molecule has 0 radical (unpaired) electrons. The van der Waals surface area contributed by atoms with E-state index in [1.807, 2.05) is 39.0 Å². The van der Waals surface area contributed by atoms with Gasteiger partial charge in [0.15, 0.2) is 0 Å². The Kier molecular flexibility index (Phi) is 4.34. The number of nitrogens with two attached hydrogens (primary N) is 1. The van der Waals surface area contributed by atoms with Gasteiger partial charge in [0.05, 0.1) is 11.6 Å². The monoisotopic (exact) mass is 384 g/mol. The van der Waals surface area contributed by atoms with E-state index in [9.17, 15) is 4.79 Å². The molecule has 3 N–H and O–H groups in total. The van der Waals surface area contributed by atoms with Crippen LogP contribution in [-0.2, 0) is 4.74 Å². The summed E-state index contributed by atoms with van der Waals surface area (Å²) in [6.45, 7) is 7.15. The van der Waals surface area contributed by atoms with Crippen molar-refractivity contribution in [2.75, 3.05) is 23.7 Å². The number of fused-ring (bicyclic) bond motifs is 3. The van der Waals surface area contributed by atoms with E-state index in [4.69, 9.17) is 15.5 Å². The molecule has 1 atom stereocenters. The number of hydrogen-bond acceptors (Lipinski definition) is 6. The summed E-state index contributed by atoms with van der Waals surface area (Å²) in [7, 11) is 0. The Morgan fingerprint density at radius 2 is 2.15 bits per heavy atom. The number of benzene rings is 1. The molecule has 1 fully saturated rings. The highest BCUT2D eigenvalue weighted by atomic mass is 32.1. The van der Waals surface area contributed by atoms with Crippen LogP contribution < -0.4 is 16.0 Å². The first kappa shape index (κ1) is 17.9. The van der Waals surface area contributed by atoms with Gasteiger partial charge in [-0.3, -0.25) is 0 Å². The SMILES string of the molecule is CC(C)(C)OC(=O)NC1CCN(c2nc3cc(N)ccc3c3sccc23)C1. The maximum atomic E-state index is 12.1. The number of rotatable bonds is 2. The van der Waals surface area contributed by atoms with Gasteiger partial charge >= 0.3 is 6.09 Å². The molecule has 6 nitrogen and oxygen atoms in total. The van der Waals surface area contributed by atoms with Gasteiger partial charge in [-0.05, 0) is 56.8 Å². The molecular weight excluding hydrogens is 360 g/mol. The first-order chi connectivity index (χ1) is 12.8. The van der Waals surface area contributed by atoms with Crippen LogP contribution in [0.4, 0.5) is 16.3 Å². The molecule has 142 valence electrons. The van der Waals surface area contributed by atoms with Gasteiger partial charge in [-0.25, -0.2) is 9.78 Å². The number of anilines is 2. The lowest BCUT2D eigenvalue weighted by molar-refractivity contribution is 0.0509. The molecule has 1 aliphatic rings. The Bertz CT molecular complexity index is 1010. The van der Waals surface area contributed by atoms with Crippen LogP contribution in [0.2, 0.25) is 0 Å². The zero-order valence-electron chi connectivity index (χ0n) is 15.8. The molecular formula is C20H24N4O2S. The molecule has 1 amide bonds. The molecule has 4 rings (SSSR count). The fourth-order valence-corrected chi connectivity index (χ4v) is 4.41. The lowest BCUT2D eigenvalue weighted by Gasteiger charge is -2.22. The zero-order chi connectivity index (χ0) is 19.2. The van der Waals surface area contributed by atoms with Crippen molar-refractivity contribution in [2.24, 2.45) is 0 Å². The van der Waals surface area contributed by atoms with Crippen molar-refractivity contribution in [3.05, 3.63) is 29.6 Å². The summed E-state index contributed by atoms with van der Waals surface area (Å²) in [4.78, 5) is 19.2. The van der Waals surface area contributed by atoms with E-state index in [0.717, 1.165) is 35.1 Å². The number of ether oxygens (including phenoxy) is 1. The van der Waals surface area contributed by atoms with Crippen molar-refractivity contribution >= 4 is 49.9 Å². The molecule has 1 aliphatic heterocycles. The molecule has 0 saturated carbocycles. The average Bonchev–Trinajstić information content (AvgIpc) is 3.21. The maximum Gasteiger partial charge on any atom is 0.407 e. The topological polar surface area (TPSA) is 80.5 Å². The largest absolute Gasteiger partial charge is 0.444 e. The lowest BCUT2D eigenvalue weighted by Crippen LogP contribution is -2.40. The van der Waals surface area contributed by atoms with Gasteiger partial charge < -0.3 is 20.7 Å². The predicted molar refractivity (Wildman–Crippen MR) is 112 cm³/mol. The number of nitrogen functional groups attached to an aromatic ring is 1. The van der Waals surface area contributed by atoms with Gasteiger partial charge in [0, 0.05) is 34.2 Å². The minimum Gasteiger partial charge on any atom is -0.444 e. The van der Waals surface area contributed by atoms with Gasteiger partial charge in [-0.1, -0.05) is 0 Å². The standard InChI is InChI=1S/C20H24N4O2S/c1-20(2,3)26-19(25)22-13-6-8-24(11-13)18-15-7-9-27-17(15)14-5-4-12(21)10-16(14)23-18/h4-5,7,9-10,13H,6,8,11,21H2,1-3H3,(H,22,25). The Labute approximate surface area is 162 Å². The van der Waals surface area contributed by atoms with Crippen LogP contribution in [0, 0.1) is 0 Å². The first-order valence-corrected chi connectivity index (χ1v) is 9.99. The number of nitrogens with zero attached hydrogens (tertiary/aromatic N) is 2. The summed E-state index contributed by atoms with van der Waals surface area (Å²) in [6, 6.07) is 8.04. The Hall–Kier alpha value is -2.54. The fourth-order valence-electron chi connectivity index (χ4n) is 3.49. The number of amides is 1. The van der Waals surface area contributed by atoms with E-state index in [2.05, 4.69) is 21.7 Å². The van der Waals surface area contributed by atoms with Crippen LogP contribution >= 0.6 is 11.3 Å². The van der Waals surface area contributed by atoms with E-state index in [0.29, 0.717) is 12.2 Å². The number of carbonyl (C=O) groups is 1. The van der Waals surface area contributed by atoms with Crippen LogP contribution in [0.25, 0.3) is 21.0 Å². The smallest absolute Gasteiger partial charge is 0.407 e. The van der Waals surface area contributed by atoms with Gasteiger partial charge in [0.25, 0.3) is 0 Å². The van der Waals surface area contributed by atoms with Gasteiger partial charge in [0.2, 0.25) is 0 Å². The highest BCUT2D eigenvalue weighted by Gasteiger charge is 2.28. The summed E-state index contributed by atoms with van der Waals surface area (Å²) < 4.78 is 6.59. The van der Waals surface area contributed by atoms with Gasteiger partial charge in [0.1, 0.15) is 11.4 Å². The van der Waals surface area contributed by atoms with E-state index < -0.39 is 5.60 Å². The molecule has 0 aliphatic carbocycles. The Morgan fingerprint density at radius 1 is 1.33 bits per heavy atom. The quantitative estimate of drug-likeness (QED) is 0.649. The van der Waals surface area contributed by atoms with Crippen molar-refractivity contribution in [1.82, 2.24) is 10.3 Å². The second-order valence-electron chi connectivity index (χ2n) is 7.95. The average molecular weight is 385 g/mol. The van der Waals surface area contributed by atoms with Crippen molar-refractivity contribution in [2.45, 2.75) is 38.8 Å². The van der Waals surface area contributed by atoms with Gasteiger partial charge in [-0.2, -0.15) is 0 Å². The molecule has 1 saturated heterocycles. The molecule has 3 heterocycles. The van der Waals surface area contributed by atoms with Crippen molar-refractivity contribution < 1.29 is 9.53 Å². The molecule has 0 bridgehead atoms.